The summed E-state index contributed by atoms with van der Waals surface area (Å²) in [4.78, 5) is 46.3. The first kappa shape index (κ1) is 61.9. The second kappa shape index (κ2) is 40.3. The van der Waals surface area contributed by atoms with Crippen molar-refractivity contribution in [3.8, 4) is 0 Å². The van der Waals surface area contributed by atoms with Crippen LogP contribution in [0.25, 0.3) is 0 Å². The molecule has 0 heterocycles. The summed E-state index contributed by atoms with van der Waals surface area (Å²) >= 11 is 0. The zero-order valence-corrected chi connectivity index (χ0v) is 41.6. The van der Waals surface area contributed by atoms with Gasteiger partial charge in [-0.15, -0.1) is 0 Å². The van der Waals surface area contributed by atoms with Crippen molar-refractivity contribution < 1.29 is 49.1 Å². The van der Waals surface area contributed by atoms with Crippen molar-refractivity contribution >= 4 is 23.9 Å². The van der Waals surface area contributed by atoms with Crippen LogP contribution in [0.4, 0.5) is 0 Å². The fraction of sp³-hybridized carbons (Fsp3) is 0.923. The number of ether oxygens (including phenoxy) is 2. The van der Waals surface area contributed by atoms with Crippen LogP contribution in [0.1, 0.15) is 248 Å². The average Bonchev–Trinajstić information content (AvgIpc) is 3.25. The summed E-state index contributed by atoms with van der Waals surface area (Å²) in [6, 6.07) is 0. The Morgan fingerprint density at radius 2 is 0.726 bits per heavy atom. The van der Waals surface area contributed by atoms with Gasteiger partial charge >= 0.3 is 23.9 Å². The maximum atomic E-state index is 12.6. The van der Waals surface area contributed by atoms with E-state index in [2.05, 4.69) is 55.4 Å². The van der Waals surface area contributed by atoms with Crippen LogP contribution in [0.2, 0.25) is 0 Å². The third-order valence-electron chi connectivity index (χ3n) is 13.9. The number of hydrogen-bond donors (Lipinski definition) is 4. The van der Waals surface area contributed by atoms with Crippen molar-refractivity contribution in [3.63, 3.8) is 0 Å². The topological polar surface area (TPSA) is 168 Å². The van der Waals surface area contributed by atoms with Gasteiger partial charge in [-0.05, 0) is 75.0 Å². The highest BCUT2D eigenvalue weighted by Gasteiger charge is 2.41. The largest absolute Gasteiger partial charge is 0.481 e. The predicted octanol–water partition coefficient (Wildman–Crippen LogP) is 14.6. The molecule has 368 valence electrons. The third kappa shape index (κ3) is 30.8. The van der Waals surface area contributed by atoms with Crippen molar-refractivity contribution in [1.82, 2.24) is 0 Å². The number of aliphatic carboxylic acids is 4. The molecule has 2 atom stereocenters. The van der Waals surface area contributed by atoms with E-state index in [0.717, 1.165) is 128 Å². The van der Waals surface area contributed by atoms with E-state index >= 15 is 0 Å². The van der Waals surface area contributed by atoms with Gasteiger partial charge in [0.15, 0.2) is 0 Å². The summed E-state index contributed by atoms with van der Waals surface area (Å²) in [7, 11) is 0. The Morgan fingerprint density at radius 1 is 0.403 bits per heavy atom. The monoisotopic (exact) mass is 885 g/mol. The highest BCUT2D eigenvalue weighted by molar-refractivity contribution is 5.75. The van der Waals surface area contributed by atoms with Crippen LogP contribution in [-0.2, 0) is 28.7 Å². The van der Waals surface area contributed by atoms with E-state index in [1.807, 2.05) is 0 Å². The van der Waals surface area contributed by atoms with Crippen molar-refractivity contribution in [2.45, 2.75) is 248 Å². The van der Waals surface area contributed by atoms with Gasteiger partial charge in [-0.1, -0.05) is 184 Å². The Hall–Kier alpha value is -2.20. The third-order valence-corrected chi connectivity index (χ3v) is 13.9. The number of unbranched alkanes of at least 4 members (excludes halogenated alkanes) is 10. The molecule has 0 aromatic carbocycles. The zero-order chi connectivity index (χ0) is 47.1. The van der Waals surface area contributed by atoms with Crippen LogP contribution >= 0.6 is 0 Å². The van der Waals surface area contributed by atoms with Gasteiger partial charge in [0.2, 0.25) is 0 Å². The zero-order valence-electron chi connectivity index (χ0n) is 41.6. The lowest BCUT2D eigenvalue weighted by Crippen LogP contribution is -2.36. The molecule has 0 aliphatic rings. The van der Waals surface area contributed by atoms with Crippen molar-refractivity contribution in [3.05, 3.63) is 0 Å². The summed E-state index contributed by atoms with van der Waals surface area (Å²) < 4.78 is 11.8. The number of hydrogen-bond acceptors (Lipinski definition) is 6. The second-order valence-corrected chi connectivity index (χ2v) is 18.8. The fourth-order valence-electron chi connectivity index (χ4n) is 8.88. The lowest BCUT2D eigenvalue weighted by molar-refractivity contribution is -0.153. The summed E-state index contributed by atoms with van der Waals surface area (Å²) in [6.45, 7) is 19.8. The minimum atomic E-state index is -0.817. The maximum Gasteiger partial charge on any atom is 0.309 e. The number of carboxylic acid groups (broad SMARTS) is 4. The SMILES string of the molecule is CCC(CC)COCCC(CCCCCCCC(=O)O)(CCOCC(CC)CC)C(=O)O.CCCCC(CC)CC(CCCCCCCC(=O)O)(CC(CC)CCCC)C(=O)O. The Kier molecular flexibility index (Phi) is 40.2. The van der Waals surface area contributed by atoms with Crippen LogP contribution in [0.5, 0.6) is 0 Å². The Labute approximate surface area is 380 Å². The molecule has 0 radical (unpaired) electrons. The van der Waals surface area contributed by atoms with Gasteiger partial charge in [-0.2, -0.15) is 0 Å². The van der Waals surface area contributed by atoms with Crippen molar-refractivity contribution in [2.24, 2.45) is 34.5 Å². The Balaban J connectivity index is 0. The molecule has 0 aromatic rings. The van der Waals surface area contributed by atoms with Crippen LogP contribution < -0.4 is 0 Å². The molecule has 4 N–H and O–H groups in total. The number of carbonyl (C=O) groups is 4. The molecule has 0 aliphatic carbocycles. The van der Waals surface area contributed by atoms with Gasteiger partial charge in [0, 0.05) is 39.3 Å². The highest BCUT2D eigenvalue weighted by Crippen LogP contribution is 2.43. The lowest BCUT2D eigenvalue weighted by atomic mass is 9.67. The smallest absolute Gasteiger partial charge is 0.309 e. The van der Waals surface area contributed by atoms with Gasteiger partial charge in [0.1, 0.15) is 0 Å². The summed E-state index contributed by atoms with van der Waals surface area (Å²) in [6.07, 6.45) is 26.8. The molecule has 0 saturated carbocycles. The van der Waals surface area contributed by atoms with E-state index in [0.29, 0.717) is 75.8 Å². The van der Waals surface area contributed by atoms with Gasteiger partial charge in [-0.25, -0.2) is 0 Å². The molecule has 10 heteroatoms. The standard InChI is InChI=1S/C26H50O6.C26H50O4/c1-5-22(6-2)20-31-18-16-26(25(29)30,17-19-32-21-23(7-3)8-4)15-13-11-9-10-12-14-24(27)28;1-5-9-16-22(7-3)20-26(25(29)30,21-23(8-4)17-10-6-2)19-15-13-11-12-14-18-24(27)28/h22-23H,5-21H2,1-4H3,(H,27,28)(H,29,30);22-23H,5-21H2,1-4H3,(H,27,28)(H,29,30). The van der Waals surface area contributed by atoms with E-state index in [9.17, 15) is 29.4 Å². The minimum absolute atomic E-state index is 0.209. The molecule has 0 aliphatic heterocycles. The normalized spacial score (nSPS) is 13.7. The fourth-order valence-corrected chi connectivity index (χ4v) is 8.88. The molecule has 0 aromatic heterocycles. The Bertz CT molecular complexity index is 1050. The van der Waals surface area contributed by atoms with E-state index in [-0.39, 0.29) is 12.8 Å². The quantitative estimate of drug-likeness (QED) is 0.0432. The van der Waals surface area contributed by atoms with Crippen LogP contribution in [0.15, 0.2) is 0 Å². The van der Waals surface area contributed by atoms with Crippen molar-refractivity contribution in [1.29, 1.82) is 0 Å². The molecule has 0 spiro atoms. The molecule has 62 heavy (non-hydrogen) atoms. The maximum absolute atomic E-state index is 12.6. The molecule has 0 fully saturated rings. The molecule has 10 nitrogen and oxygen atoms in total. The first-order chi connectivity index (χ1) is 29.7. The van der Waals surface area contributed by atoms with E-state index in [1.165, 1.54) is 25.7 Å². The minimum Gasteiger partial charge on any atom is -0.481 e. The summed E-state index contributed by atoms with van der Waals surface area (Å²) in [5.41, 5.74) is -1.41. The van der Waals surface area contributed by atoms with E-state index < -0.39 is 34.7 Å². The first-order valence-corrected chi connectivity index (χ1v) is 25.7. The first-order valence-electron chi connectivity index (χ1n) is 25.7. The van der Waals surface area contributed by atoms with Crippen LogP contribution in [0, 0.1) is 34.5 Å². The van der Waals surface area contributed by atoms with Crippen molar-refractivity contribution in [2.75, 3.05) is 26.4 Å². The highest BCUT2D eigenvalue weighted by atomic mass is 16.5. The summed E-state index contributed by atoms with van der Waals surface area (Å²) in [5.74, 6) is -0.752. The molecule has 0 amide bonds. The van der Waals surface area contributed by atoms with Crippen LogP contribution in [0.3, 0.4) is 0 Å². The summed E-state index contributed by atoms with van der Waals surface area (Å²) in [5, 5.41) is 38.0. The predicted molar refractivity (Wildman–Crippen MR) is 255 cm³/mol. The Morgan fingerprint density at radius 3 is 1.03 bits per heavy atom. The molecule has 0 rings (SSSR count). The average molecular weight is 885 g/mol. The molecular formula is C52H100O10. The molecule has 0 bridgehead atoms. The molecular weight excluding hydrogens is 785 g/mol. The molecule has 2 unspecified atom stereocenters. The van der Waals surface area contributed by atoms with Gasteiger partial charge in [0.25, 0.3) is 0 Å². The van der Waals surface area contributed by atoms with E-state index in [1.54, 1.807) is 0 Å². The number of rotatable bonds is 44. The van der Waals surface area contributed by atoms with Gasteiger partial charge in [-0.3, -0.25) is 19.2 Å². The van der Waals surface area contributed by atoms with Gasteiger partial charge < -0.3 is 29.9 Å². The van der Waals surface area contributed by atoms with E-state index in [4.69, 9.17) is 19.7 Å². The lowest BCUT2D eigenvalue weighted by Gasteiger charge is -2.36. The van der Waals surface area contributed by atoms with Gasteiger partial charge in [0.05, 0.1) is 10.8 Å². The number of carboxylic acids is 4. The van der Waals surface area contributed by atoms with Crippen LogP contribution in [-0.4, -0.2) is 70.7 Å². The second-order valence-electron chi connectivity index (χ2n) is 18.8. The molecule has 0 saturated heterocycles.